The molecule has 0 aliphatic carbocycles. The van der Waals surface area contributed by atoms with Crippen LogP contribution in [-0.2, 0) is 0 Å². The van der Waals surface area contributed by atoms with E-state index in [-0.39, 0.29) is 18.7 Å². The van der Waals surface area contributed by atoms with E-state index in [4.69, 9.17) is 5.73 Å². The second-order valence-corrected chi connectivity index (χ2v) is 4.00. The van der Waals surface area contributed by atoms with Gasteiger partial charge in [-0.3, -0.25) is 4.79 Å². The summed E-state index contributed by atoms with van der Waals surface area (Å²) in [6.07, 6.45) is -4.42. The molecule has 0 heterocycles. The van der Waals surface area contributed by atoms with Crippen LogP contribution in [0.3, 0.4) is 0 Å². The fourth-order valence-electron chi connectivity index (χ4n) is 1.59. The van der Waals surface area contributed by atoms with Crippen LogP contribution in [0.4, 0.5) is 13.2 Å². The molecular weight excluding hydrogens is 245 g/mol. The van der Waals surface area contributed by atoms with Gasteiger partial charge in [0.1, 0.15) is 6.54 Å². The molecule has 0 spiro atoms. The molecule has 1 amide bonds. The predicted octanol–water partition coefficient (Wildman–Crippen LogP) is 1.96. The van der Waals surface area contributed by atoms with Gasteiger partial charge in [0.25, 0.3) is 5.91 Å². The van der Waals surface area contributed by atoms with Gasteiger partial charge >= 0.3 is 6.18 Å². The molecule has 0 fully saturated rings. The number of nitrogens with zero attached hydrogens (tertiary/aromatic N) is 1. The number of benzene rings is 1. The number of halogens is 3. The van der Waals surface area contributed by atoms with Gasteiger partial charge in [0.2, 0.25) is 0 Å². The fourth-order valence-corrected chi connectivity index (χ4v) is 1.59. The van der Waals surface area contributed by atoms with Gasteiger partial charge in [-0.25, -0.2) is 0 Å². The summed E-state index contributed by atoms with van der Waals surface area (Å²) < 4.78 is 37.0. The lowest BCUT2D eigenvalue weighted by Gasteiger charge is -2.23. The van der Waals surface area contributed by atoms with Crippen LogP contribution >= 0.6 is 0 Å². The molecule has 1 aromatic carbocycles. The van der Waals surface area contributed by atoms with Crippen molar-refractivity contribution in [1.29, 1.82) is 0 Å². The molecule has 1 aromatic rings. The summed E-state index contributed by atoms with van der Waals surface area (Å²) in [7, 11) is 0. The average Bonchev–Trinajstić information content (AvgIpc) is 2.26. The molecule has 100 valence electrons. The van der Waals surface area contributed by atoms with Crippen molar-refractivity contribution in [3.05, 3.63) is 35.4 Å². The number of hydrogen-bond donors (Lipinski definition) is 1. The Morgan fingerprint density at radius 2 is 2.06 bits per heavy atom. The molecule has 2 N–H and O–H groups in total. The molecular formula is C12H15F3N2O. The molecule has 0 aliphatic rings. The predicted molar refractivity (Wildman–Crippen MR) is 62.2 cm³/mol. The van der Waals surface area contributed by atoms with Crippen molar-refractivity contribution < 1.29 is 18.0 Å². The Balaban J connectivity index is 2.89. The molecule has 6 heteroatoms. The van der Waals surface area contributed by atoms with Crippen molar-refractivity contribution in [3.8, 4) is 0 Å². The Morgan fingerprint density at radius 3 is 2.56 bits per heavy atom. The maximum absolute atomic E-state index is 12.3. The Hall–Kier alpha value is -1.56. The fraction of sp³-hybridized carbons (Fsp3) is 0.417. The SMILES string of the molecule is Cc1cccc(C(=O)N(CCN)CC(F)(F)F)c1. The van der Waals surface area contributed by atoms with Gasteiger partial charge in [-0.2, -0.15) is 13.2 Å². The number of nitrogens with two attached hydrogens (primary N) is 1. The molecule has 0 radical (unpaired) electrons. The standard InChI is InChI=1S/C12H15F3N2O/c1-9-3-2-4-10(7-9)11(18)17(6-5-16)8-12(13,14)15/h2-4,7H,5-6,8,16H2,1H3. The van der Waals surface area contributed by atoms with E-state index < -0.39 is 18.6 Å². The Kier molecular flexibility index (Phi) is 4.72. The minimum Gasteiger partial charge on any atom is -0.329 e. The van der Waals surface area contributed by atoms with Crippen molar-refractivity contribution >= 4 is 5.91 Å². The Morgan fingerprint density at radius 1 is 1.39 bits per heavy atom. The molecule has 0 aromatic heterocycles. The molecule has 0 unspecified atom stereocenters. The number of amides is 1. The van der Waals surface area contributed by atoms with Gasteiger partial charge in [-0.1, -0.05) is 17.7 Å². The minimum atomic E-state index is -4.42. The first-order valence-electron chi connectivity index (χ1n) is 5.46. The van der Waals surface area contributed by atoms with E-state index in [1.165, 1.54) is 6.07 Å². The zero-order chi connectivity index (χ0) is 13.8. The molecule has 0 saturated heterocycles. The number of carbonyl (C=O) groups is 1. The summed E-state index contributed by atoms with van der Waals surface area (Å²) in [5.74, 6) is -0.651. The summed E-state index contributed by atoms with van der Waals surface area (Å²) >= 11 is 0. The van der Waals surface area contributed by atoms with E-state index in [9.17, 15) is 18.0 Å². The smallest absolute Gasteiger partial charge is 0.329 e. The van der Waals surface area contributed by atoms with E-state index in [2.05, 4.69) is 0 Å². The third-order valence-corrected chi connectivity index (χ3v) is 2.32. The van der Waals surface area contributed by atoms with Crippen LogP contribution in [0.25, 0.3) is 0 Å². The van der Waals surface area contributed by atoms with E-state index >= 15 is 0 Å². The van der Waals surface area contributed by atoms with Crippen molar-refractivity contribution in [1.82, 2.24) is 4.90 Å². The molecule has 3 nitrogen and oxygen atoms in total. The van der Waals surface area contributed by atoms with Gasteiger partial charge in [0, 0.05) is 18.7 Å². The van der Waals surface area contributed by atoms with E-state index in [0.717, 1.165) is 10.5 Å². The third-order valence-electron chi connectivity index (χ3n) is 2.32. The largest absolute Gasteiger partial charge is 0.406 e. The zero-order valence-electron chi connectivity index (χ0n) is 10.00. The normalized spacial score (nSPS) is 11.4. The van der Waals surface area contributed by atoms with Crippen LogP contribution in [-0.4, -0.2) is 36.6 Å². The van der Waals surface area contributed by atoms with E-state index in [1.807, 2.05) is 0 Å². The van der Waals surface area contributed by atoms with Crippen molar-refractivity contribution in [2.75, 3.05) is 19.6 Å². The number of hydrogen-bond acceptors (Lipinski definition) is 2. The molecule has 18 heavy (non-hydrogen) atoms. The van der Waals surface area contributed by atoms with Gasteiger partial charge in [0.05, 0.1) is 0 Å². The minimum absolute atomic E-state index is 0.00631. The average molecular weight is 260 g/mol. The van der Waals surface area contributed by atoms with Crippen LogP contribution in [0, 0.1) is 6.92 Å². The lowest BCUT2D eigenvalue weighted by atomic mass is 10.1. The number of aryl methyl sites for hydroxylation is 1. The van der Waals surface area contributed by atoms with Crippen LogP contribution < -0.4 is 5.73 Å². The zero-order valence-corrected chi connectivity index (χ0v) is 10.00. The maximum Gasteiger partial charge on any atom is 0.406 e. The van der Waals surface area contributed by atoms with Crippen LogP contribution in [0.15, 0.2) is 24.3 Å². The number of alkyl halides is 3. The van der Waals surface area contributed by atoms with Gasteiger partial charge in [0.15, 0.2) is 0 Å². The van der Waals surface area contributed by atoms with Gasteiger partial charge in [-0.15, -0.1) is 0 Å². The van der Waals surface area contributed by atoms with E-state index in [0.29, 0.717) is 0 Å². The number of rotatable bonds is 4. The summed E-state index contributed by atoms with van der Waals surface area (Å²) in [6.45, 7) is 0.366. The highest BCUT2D eigenvalue weighted by atomic mass is 19.4. The van der Waals surface area contributed by atoms with Gasteiger partial charge in [-0.05, 0) is 19.1 Å². The first kappa shape index (κ1) is 14.5. The van der Waals surface area contributed by atoms with Crippen molar-refractivity contribution in [3.63, 3.8) is 0 Å². The molecule has 0 saturated carbocycles. The Bertz CT molecular complexity index is 418. The lowest BCUT2D eigenvalue weighted by Crippen LogP contribution is -2.41. The van der Waals surface area contributed by atoms with E-state index in [1.54, 1.807) is 25.1 Å². The Labute approximate surface area is 103 Å². The van der Waals surface area contributed by atoms with Crippen molar-refractivity contribution in [2.45, 2.75) is 13.1 Å². The van der Waals surface area contributed by atoms with Crippen LogP contribution in [0.1, 0.15) is 15.9 Å². The molecule has 0 bridgehead atoms. The first-order valence-corrected chi connectivity index (χ1v) is 5.46. The van der Waals surface area contributed by atoms with Crippen molar-refractivity contribution in [2.24, 2.45) is 5.73 Å². The van der Waals surface area contributed by atoms with Crippen LogP contribution in [0.2, 0.25) is 0 Å². The lowest BCUT2D eigenvalue weighted by molar-refractivity contribution is -0.140. The second kappa shape index (κ2) is 5.86. The summed E-state index contributed by atoms with van der Waals surface area (Å²) in [5, 5.41) is 0. The number of carbonyl (C=O) groups excluding carboxylic acids is 1. The molecule has 1 rings (SSSR count). The van der Waals surface area contributed by atoms with Crippen LogP contribution in [0.5, 0.6) is 0 Å². The quantitative estimate of drug-likeness (QED) is 0.899. The second-order valence-electron chi connectivity index (χ2n) is 4.00. The molecule has 0 aliphatic heterocycles. The highest BCUT2D eigenvalue weighted by Crippen LogP contribution is 2.18. The maximum atomic E-state index is 12.3. The summed E-state index contributed by atoms with van der Waals surface area (Å²) in [5.41, 5.74) is 6.30. The highest BCUT2D eigenvalue weighted by Gasteiger charge is 2.32. The first-order chi connectivity index (χ1) is 8.33. The monoisotopic (exact) mass is 260 g/mol. The summed E-state index contributed by atoms with van der Waals surface area (Å²) in [6, 6.07) is 6.46. The molecule has 0 atom stereocenters. The topological polar surface area (TPSA) is 46.3 Å². The highest BCUT2D eigenvalue weighted by molar-refractivity contribution is 5.94. The van der Waals surface area contributed by atoms with Gasteiger partial charge < -0.3 is 10.6 Å². The third kappa shape index (κ3) is 4.37. The summed E-state index contributed by atoms with van der Waals surface area (Å²) in [4.78, 5) is 12.7.